The van der Waals surface area contributed by atoms with Crippen molar-refractivity contribution in [1.29, 1.82) is 0 Å². The monoisotopic (exact) mass is 239 g/mol. The first-order chi connectivity index (χ1) is 6.18. The van der Waals surface area contributed by atoms with Gasteiger partial charge in [-0.05, 0) is 46.3 Å². The molecule has 0 atom stereocenters. The molecule has 0 radical (unpaired) electrons. The molecule has 1 aromatic rings. The number of hydrogen-bond donors (Lipinski definition) is 0. The van der Waals surface area contributed by atoms with Crippen molar-refractivity contribution < 1.29 is 0 Å². The predicted octanol–water partition coefficient (Wildman–Crippen LogP) is 3.84. The van der Waals surface area contributed by atoms with Gasteiger partial charge in [0.15, 0.2) is 0 Å². The zero-order chi connectivity index (χ0) is 9.42. The first kappa shape index (κ1) is 9.20. The standard InChI is InChI=1S/C11H14BrN/c1-7(2)9-5-10(12)11(13-6-9)8-3-4-8/h5-8H,3-4H2,1-2H3. The van der Waals surface area contributed by atoms with E-state index < -0.39 is 0 Å². The minimum absolute atomic E-state index is 0.567. The molecule has 70 valence electrons. The van der Waals surface area contributed by atoms with Crippen LogP contribution < -0.4 is 0 Å². The van der Waals surface area contributed by atoms with Crippen LogP contribution in [0.1, 0.15) is 49.8 Å². The van der Waals surface area contributed by atoms with Crippen LogP contribution in [0.25, 0.3) is 0 Å². The van der Waals surface area contributed by atoms with Crippen molar-refractivity contribution >= 4 is 15.9 Å². The molecule has 0 N–H and O–H groups in total. The van der Waals surface area contributed by atoms with Crippen LogP contribution in [-0.4, -0.2) is 4.98 Å². The van der Waals surface area contributed by atoms with Crippen molar-refractivity contribution in [3.63, 3.8) is 0 Å². The summed E-state index contributed by atoms with van der Waals surface area (Å²) in [4.78, 5) is 4.51. The third-order valence-corrected chi connectivity index (χ3v) is 3.16. The number of pyridine rings is 1. The molecule has 1 nitrogen and oxygen atoms in total. The number of nitrogens with zero attached hydrogens (tertiary/aromatic N) is 1. The first-order valence-corrected chi connectivity index (χ1v) is 5.63. The van der Waals surface area contributed by atoms with Crippen molar-refractivity contribution in [3.8, 4) is 0 Å². The average molecular weight is 240 g/mol. The maximum absolute atomic E-state index is 4.51. The average Bonchev–Trinajstić information content (AvgIpc) is 2.87. The van der Waals surface area contributed by atoms with E-state index in [1.807, 2.05) is 6.20 Å². The second-order valence-corrected chi connectivity index (χ2v) is 4.92. The smallest absolute Gasteiger partial charge is 0.0576 e. The molecule has 1 aliphatic carbocycles. The number of hydrogen-bond acceptors (Lipinski definition) is 1. The van der Waals surface area contributed by atoms with E-state index in [0.29, 0.717) is 5.92 Å². The van der Waals surface area contributed by atoms with Crippen LogP contribution in [0, 0.1) is 0 Å². The topological polar surface area (TPSA) is 12.9 Å². The lowest BCUT2D eigenvalue weighted by molar-refractivity contribution is 0.847. The number of halogens is 1. The highest BCUT2D eigenvalue weighted by molar-refractivity contribution is 9.10. The van der Waals surface area contributed by atoms with Crippen molar-refractivity contribution in [2.75, 3.05) is 0 Å². The fraction of sp³-hybridized carbons (Fsp3) is 0.545. The van der Waals surface area contributed by atoms with E-state index in [0.717, 1.165) is 5.92 Å². The van der Waals surface area contributed by atoms with Gasteiger partial charge in [-0.25, -0.2) is 0 Å². The lowest BCUT2D eigenvalue weighted by atomic mass is 10.1. The first-order valence-electron chi connectivity index (χ1n) is 4.84. The Morgan fingerprint density at radius 2 is 2.15 bits per heavy atom. The van der Waals surface area contributed by atoms with Crippen LogP contribution in [-0.2, 0) is 0 Å². The van der Waals surface area contributed by atoms with E-state index in [-0.39, 0.29) is 0 Å². The van der Waals surface area contributed by atoms with E-state index in [4.69, 9.17) is 0 Å². The Bertz CT molecular complexity index is 316. The van der Waals surface area contributed by atoms with Crippen molar-refractivity contribution in [2.24, 2.45) is 0 Å². The minimum atomic E-state index is 0.567. The molecule has 0 saturated heterocycles. The molecule has 1 aromatic heterocycles. The second kappa shape index (κ2) is 3.41. The molecule has 1 fully saturated rings. The number of rotatable bonds is 2. The van der Waals surface area contributed by atoms with Crippen LogP contribution in [0.15, 0.2) is 16.7 Å². The van der Waals surface area contributed by atoms with E-state index >= 15 is 0 Å². The fourth-order valence-electron chi connectivity index (χ4n) is 1.44. The summed E-state index contributed by atoms with van der Waals surface area (Å²) in [6.45, 7) is 4.39. The highest BCUT2D eigenvalue weighted by Crippen LogP contribution is 2.42. The zero-order valence-corrected chi connectivity index (χ0v) is 9.63. The van der Waals surface area contributed by atoms with Crippen LogP contribution in [0.3, 0.4) is 0 Å². The predicted molar refractivity (Wildman–Crippen MR) is 58.0 cm³/mol. The lowest BCUT2D eigenvalue weighted by Gasteiger charge is -2.07. The Hall–Kier alpha value is -0.370. The highest BCUT2D eigenvalue weighted by Gasteiger charge is 2.27. The van der Waals surface area contributed by atoms with Gasteiger partial charge < -0.3 is 0 Å². The van der Waals surface area contributed by atoms with Crippen molar-refractivity contribution in [3.05, 3.63) is 28.0 Å². The summed E-state index contributed by atoms with van der Waals surface area (Å²) in [5, 5.41) is 0. The summed E-state index contributed by atoms with van der Waals surface area (Å²) in [5.41, 5.74) is 2.57. The summed E-state index contributed by atoms with van der Waals surface area (Å²) in [7, 11) is 0. The molecule has 0 amide bonds. The van der Waals surface area contributed by atoms with E-state index in [1.165, 1.54) is 28.6 Å². The molecule has 13 heavy (non-hydrogen) atoms. The summed E-state index contributed by atoms with van der Waals surface area (Å²) in [6.07, 6.45) is 4.64. The normalized spacial score (nSPS) is 16.6. The molecule has 2 heteroatoms. The molecule has 1 saturated carbocycles. The fourth-order valence-corrected chi connectivity index (χ4v) is 2.13. The van der Waals surface area contributed by atoms with E-state index in [9.17, 15) is 0 Å². The lowest BCUT2D eigenvalue weighted by Crippen LogP contribution is -1.93. The van der Waals surface area contributed by atoms with E-state index in [1.54, 1.807) is 0 Å². The summed E-state index contributed by atoms with van der Waals surface area (Å²) in [6, 6.07) is 2.21. The summed E-state index contributed by atoms with van der Waals surface area (Å²) >= 11 is 3.59. The molecular formula is C11H14BrN. The van der Waals surface area contributed by atoms with Crippen LogP contribution >= 0.6 is 15.9 Å². The maximum Gasteiger partial charge on any atom is 0.0576 e. The quantitative estimate of drug-likeness (QED) is 0.765. The Kier molecular flexibility index (Phi) is 2.41. The van der Waals surface area contributed by atoms with Gasteiger partial charge in [0.2, 0.25) is 0 Å². The van der Waals surface area contributed by atoms with Gasteiger partial charge in [-0.1, -0.05) is 13.8 Å². The van der Waals surface area contributed by atoms with Crippen molar-refractivity contribution in [2.45, 2.75) is 38.5 Å². The van der Waals surface area contributed by atoms with Gasteiger partial charge in [0.25, 0.3) is 0 Å². The molecular weight excluding hydrogens is 226 g/mol. The van der Waals surface area contributed by atoms with Gasteiger partial charge in [0.1, 0.15) is 0 Å². The third-order valence-electron chi connectivity index (χ3n) is 2.52. The van der Waals surface area contributed by atoms with Gasteiger partial charge in [-0.15, -0.1) is 0 Å². The van der Waals surface area contributed by atoms with Gasteiger partial charge >= 0.3 is 0 Å². The molecule has 0 aromatic carbocycles. The summed E-state index contributed by atoms with van der Waals surface area (Å²) in [5.74, 6) is 1.30. The SMILES string of the molecule is CC(C)c1cnc(C2CC2)c(Br)c1. The minimum Gasteiger partial charge on any atom is -0.260 e. The summed E-state index contributed by atoms with van der Waals surface area (Å²) < 4.78 is 1.20. The molecule has 0 spiro atoms. The molecule has 1 heterocycles. The molecule has 0 bridgehead atoms. The Morgan fingerprint density at radius 1 is 1.46 bits per heavy atom. The zero-order valence-electron chi connectivity index (χ0n) is 8.05. The molecule has 0 aliphatic heterocycles. The Morgan fingerprint density at radius 3 is 2.62 bits per heavy atom. The molecule has 2 rings (SSSR count). The molecule has 1 aliphatic rings. The Labute approximate surface area is 87.7 Å². The van der Waals surface area contributed by atoms with Crippen molar-refractivity contribution in [1.82, 2.24) is 4.98 Å². The maximum atomic E-state index is 4.51. The van der Waals surface area contributed by atoms with Crippen LogP contribution in [0.4, 0.5) is 0 Å². The highest BCUT2D eigenvalue weighted by atomic mass is 79.9. The van der Waals surface area contributed by atoms with Gasteiger partial charge in [0, 0.05) is 16.6 Å². The largest absolute Gasteiger partial charge is 0.260 e. The molecule has 0 unspecified atom stereocenters. The van der Waals surface area contributed by atoms with Gasteiger partial charge in [-0.3, -0.25) is 4.98 Å². The van der Waals surface area contributed by atoms with Crippen LogP contribution in [0.5, 0.6) is 0 Å². The number of aromatic nitrogens is 1. The van der Waals surface area contributed by atoms with Gasteiger partial charge in [-0.2, -0.15) is 0 Å². The second-order valence-electron chi connectivity index (χ2n) is 4.06. The van der Waals surface area contributed by atoms with Gasteiger partial charge in [0.05, 0.1) is 5.69 Å². The van der Waals surface area contributed by atoms with E-state index in [2.05, 4.69) is 40.8 Å². The third kappa shape index (κ3) is 1.93. The Balaban J connectivity index is 2.31. The van der Waals surface area contributed by atoms with Crippen LogP contribution in [0.2, 0.25) is 0 Å².